The first-order valence-electron chi connectivity index (χ1n) is 6.96. The van der Waals surface area contributed by atoms with Crippen LogP contribution in [0.2, 0.25) is 0 Å². The monoisotopic (exact) mass is 300 g/mol. The minimum Gasteiger partial charge on any atom is -0.496 e. The van der Waals surface area contributed by atoms with Crippen molar-refractivity contribution in [2.45, 2.75) is 6.61 Å². The zero-order valence-electron chi connectivity index (χ0n) is 12.2. The second-order valence-electron chi connectivity index (χ2n) is 4.75. The molecule has 0 spiro atoms. The lowest BCUT2D eigenvalue weighted by Crippen LogP contribution is -2.16. The molecule has 0 bridgehead atoms. The third-order valence-corrected chi connectivity index (χ3v) is 3.33. The van der Waals surface area contributed by atoms with Crippen LogP contribution in [0.5, 0.6) is 17.2 Å². The van der Waals surface area contributed by atoms with E-state index in [9.17, 15) is 4.79 Å². The van der Waals surface area contributed by atoms with Gasteiger partial charge in [-0.25, -0.2) is 4.79 Å². The minimum absolute atomic E-state index is 0.150. The molecule has 0 atom stereocenters. The maximum absolute atomic E-state index is 12.1. The summed E-state index contributed by atoms with van der Waals surface area (Å²) in [7, 11) is 1.58. The van der Waals surface area contributed by atoms with Crippen molar-refractivity contribution in [3.8, 4) is 17.2 Å². The summed E-state index contributed by atoms with van der Waals surface area (Å²) in [5, 5.41) is 0. The van der Waals surface area contributed by atoms with Crippen molar-refractivity contribution in [1.82, 2.24) is 0 Å². The summed E-state index contributed by atoms with van der Waals surface area (Å²) < 4.78 is 21.4. The van der Waals surface area contributed by atoms with Crippen LogP contribution in [0.25, 0.3) is 0 Å². The predicted octanol–water partition coefficient (Wildman–Crippen LogP) is 2.82. The Kier molecular flexibility index (Phi) is 4.14. The van der Waals surface area contributed by atoms with Crippen LogP contribution >= 0.6 is 0 Å². The average molecular weight is 300 g/mol. The van der Waals surface area contributed by atoms with Crippen LogP contribution in [0.1, 0.15) is 15.9 Å². The molecule has 0 saturated carbocycles. The molecule has 2 aromatic rings. The van der Waals surface area contributed by atoms with Gasteiger partial charge in [0.25, 0.3) is 0 Å². The van der Waals surface area contributed by atoms with E-state index in [1.165, 1.54) is 0 Å². The molecule has 0 N–H and O–H groups in total. The lowest BCUT2D eigenvalue weighted by Gasteiger charge is -2.18. The number of methoxy groups -OCH3 is 1. The molecule has 0 aliphatic carbocycles. The molecule has 5 nitrogen and oxygen atoms in total. The molecule has 5 heteroatoms. The van der Waals surface area contributed by atoms with Crippen molar-refractivity contribution in [1.29, 1.82) is 0 Å². The molecular weight excluding hydrogens is 284 g/mol. The van der Waals surface area contributed by atoms with Crippen molar-refractivity contribution in [2.24, 2.45) is 0 Å². The Morgan fingerprint density at radius 1 is 1.09 bits per heavy atom. The van der Waals surface area contributed by atoms with Crippen molar-refractivity contribution in [2.75, 3.05) is 20.3 Å². The Labute approximate surface area is 128 Å². The molecule has 0 unspecified atom stereocenters. The van der Waals surface area contributed by atoms with Crippen molar-refractivity contribution in [3.05, 3.63) is 53.6 Å². The summed E-state index contributed by atoms with van der Waals surface area (Å²) >= 11 is 0. The standard InChI is InChI=1S/C17H16O5/c1-19-14-5-3-2-4-13(14)11-22-17(18)12-6-7-15-16(10-12)21-9-8-20-15/h2-7,10H,8-9,11H2,1H3. The molecule has 3 rings (SSSR count). The van der Waals surface area contributed by atoms with E-state index in [-0.39, 0.29) is 6.61 Å². The Morgan fingerprint density at radius 2 is 1.86 bits per heavy atom. The first kappa shape index (κ1) is 14.3. The van der Waals surface area contributed by atoms with Crippen molar-refractivity contribution < 1.29 is 23.7 Å². The average Bonchev–Trinajstić information content (AvgIpc) is 2.59. The number of benzene rings is 2. The summed E-state index contributed by atoms with van der Waals surface area (Å²) in [6, 6.07) is 12.4. The van der Waals surface area contributed by atoms with Gasteiger partial charge in [0.1, 0.15) is 25.6 Å². The largest absolute Gasteiger partial charge is 0.496 e. The molecule has 0 amide bonds. The van der Waals surface area contributed by atoms with E-state index in [2.05, 4.69) is 0 Å². The van der Waals surface area contributed by atoms with E-state index >= 15 is 0 Å². The molecule has 0 saturated heterocycles. The molecule has 0 fully saturated rings. The van der Waals surface area contributed by atoms with Gasteiger partial charge in [-0.15, -0.1) is 0 Å². The number of rotatable bonds is 4. The van der Waals surface area contributed by atoms with Crippen LogP contribution in [-0.2, 0) is 11.3 Å². The molecular formula is C17H16O5. The van der Waals surface area contributed by atoms with Gasteiger partial charge in [0.2, 0.25) is 0 Å². The van der Waals surface area contributed by atoms with E-state index in [1.54, 1.807) is 25.3 Å². The van der Waals surface area contributed by atoms with Crippen LogP contribution in [0.15, 0.2) is 42.5 Å². The van der Waals surface area contributed by atoms with Crippen molar-refractivity contribution >= 4 is 5.97 Å². The summed E-state index contributed by atoms with van der Waals surface area (Å²) in [4.78, 5) is 12.1. The number of ether oxygens (including phenoxy) is 4. The second-order valence-corrected chi connectivity index (χ2v) is 4.75. The van der Waals surface area contributed by atoms with Crippen molar-refractivity contribution in [3.63, 3.8) is 0 Å². The SMILES string of the molecule is COc1ccccc1COC(=O)c1ccc2c(c1)OCCO2. The van der Waals surface area contributed by atoms with Gasteiger partial charge < -0.3 is 18.9 Å². The first-order valence-corrected chi connectivity index (χ1v) is 6.96. The number of para-hydroxylation sites is 1. The highest BCUT2D eigenvalue weighted by Gasteiger charge is 2.16. The van der Waals surface area contributed by atoms with Crippen LogP contribution < -0.4 is 14.2 Å². The van der Waals surface area contributed by atoms with Gasteiger partial charge in [-0.3, -0.25) is 0 Å². The van der Waals surface area contributed by atoms with Crippen LogP contribution in [0.4, 0.5) is 0 Å². The molecule has 1 aliphatic heterocycles. The van der Waals surface area contributed by atoms with E-state index in [0.717, 1.165) is 5.56 Å². The number of carbonyl (C=O) groups is 1. The number of carbonyl (C=O) groups excluding carboxylic acids is 1. The molecule has 0 aromatic heterocycles. The highest BCUT2D eigenvalue weighted by molar-refractivity contribution is 5.90. The molecule has 1 aliphatic rings. The number of hydrogen-bond donors (Lipinski definition) is 0. The quantitative estimate of drug-likeness (QED) is 0.813. The van der Waals surface area contributed by atoms with Gasteiger partial charge in [0.05, 0.1) is 12.7 Å². The van der Waals surface area contributed by atoms with E-state index in [4.69, 9.17) is 18.9 Å². The zero-order valence-corrected chi connectivity index (χ0v) is 12.2. The van der Waals surface area contributed by atoms with E-state index in [0.29, 0.717) is 36.0 Å². The maximum Gasteiger partial charge on any atom is 0.338 e. The topological polar surface area (TPSA) is 54.0 Å². The van der Waals surface area contributed by atoms with Gasteiger partial charge >= 0.3 is 5.97 Å². The fourth-order valence-electron chi connectivity index (χ4n) is 2.22. The second kappa shape index (κ2) is 6.39. The van der Waals surface area contributed by atoms with E-state index < -0.39 is 5.97 Å². The summed E-state index contributed by atoms with van der Waals surface area (Å²) in [5.41, 5.74) is 1.25. The lowest BCUT2D eigenvalue weighted by atomic mass is 10.2. The third kappa shape index (κ3) is 2.98. The Bertz CT molecular complexity index is 680. The molecule has 2 aromatic carbocycles. The zero-order chi connectivity index (χ0) is 15.4. The summed E-state index contributed by atoms with van der Waals surface area (Å²) in [5.74, 6) is 1.49. The van der Waals surface area contributed by atoms with Gasteiger partial charge in [-0.2, -0.15) is 0 Å². The fraction of sp³-hybridized carbons (Fsp3) is 0.235. The normalized spacial score (nSPS) is 12.6. The van der Waals surface area contributed by atoms with Crippen LogP contribution in [0, 0.1) is 0 Å². The summed E-state index contributed by atoms with van der Waals surface area (Å²) in [6.45, 7) is 1.15. The maximum atomic E-state index is 12.1. The van der Waals surface area contributed by atoms with Gasteiger partial charge in [0.15, 0.2) is 11.5 Å². The Balaban J connectivity index is 1.69. The number of esters is 1. The number of hydrogen-bond acceptors (Lipinski definition) is 5. The fourth-order valence-corrected chi connectivity index (χ4v) is 2.22. The highest BCUT2D eigenvalue weighted by atomic mass is 16.6. The Hall–Kier alpha value is -2.69. The smallest absolute Gasteiger partial charge is 0.338 e. The van der Waals surface area contributed by atoms with E-state index in [1.807, 2.05) is 24.3 Å². The highest BCUT2D eigenvalue weighted by Crippen LogP contribution is 2.31. The van der Waals surface area contributed by atoms with Crippen LogP contribution in [-0.4, -0.2) is 26.3 Å². The molecule has 22 heavy (non-hydrogen) atoms. The van der Waals surface area contributed by atoms with Gasteiger partial charge in [-0.05, 0) is 24.3 Å². The van der Waals surface area contributed by atoms with Crippen LogP contribution in [0.3, 0.4) is 0 Å². The predicted molar refractivity (Wildman–Crippen MR) is 79.5 cm³/mol. The lowest BCUT2D eigenvalue weighted by molar-refractivity contribution is 0.0469. The number of fused-ring (bicyclic) bond motifs is 1. The van der Waals surface area contributed by atoms with Gasteiger partial charge in [-0.1, -0.05) is 18.2 Å². The first-order chi connectivity index (χ1) is 10.8. The minimum atomic E-state index is -0.414. The van der Waals surface area contributed by atoms with Gasteiger partial charge in [0, 0.05) is 5.56 Å². The third-order valence-electron chi connectivity index (χ3n) is 3.33. The molecule has 114 valence electrons. The molecule has 0 radical (unpaired) electrons. The summed E-state index contributed by atoms with van der Waals surface area (Å²) in [6.07, 6.45) is 0. The molecule has 1 heterocycles. The Morgan fingerprint density at radius 3 is 2.68 bits per heavy atom.